The molecule has 1 aliphatic heterocycles. The number of rotatable bonds is 5. The minimum Gasteiger partial charge on any atom is -0.444 e. The van der Waals surface area contributed by atoms with Crippen LogP contribution in [-0.4, -0.2) is 66.1 Å². The van der Waals surface area contributed by atoms with E-state index >= 15 is 0 Å². The normalized spacial score (nSPS) is 13.6. The lowest BCUT2D eigenvalue weighted by molar-refractivity contribution is -0.0980. The fourth-order valence-corrected chi connectivity index (χ4v) is 3.51. The van der Waals surface area contributed by atoms with Crippen molar-refractivity contribution in [2.45, 2.75) is 74.3 Å². The molecular weight excluding hydrogens is 502 g/mol. The first-order chi connectivity index (χ1) is 19.1. The first-order valence-electron chi connectivity index (χ1n) is 14.0. The van der Waals surface area contributed by atoms with E-state index in [2.05, 4.69) is 59.9 Å². The number of carbonyl (C=O) groups is 2. The van der Waals surface area contributed by atoms with Gasteiger partial charge in [-0.05, 0) is 89.9 Å². The molecule has 2 aromatic heterocycles. The van der Waals surface area contributed by atoms with Gasteiger partial charge >= 0.3 is 6.09 Å². The molecule has 8 nitrogen and oxygen atoms in total. The van der Waals surface area contributed by atoms with Crippen molar-refractivity contribution in [1.29, 1.82) is 0 Å². The summed E-state index contributed by atoms with van der Waals surface area (Å²) in [6.07, 6.45) is 8.84. The summed E-state index contributed by atoms with van der Waals surface area (Å²) in [6.45, 7) is 23.5. The number of amides is 1. The van der Waals surface area contributed by atoms with Crippen molar-refractivity contribution >= 4 is 24.3 Å². The van der Waals surface area contributed by atoms with E-state index in [1.54, 1.807) is 4.90 Å². The van der Waals surface area contributed by atoms with Gasteiger partial charge in [0.25, 0.3) is 0 Å². The third-order valence-corrected chi connectivity index (χ3v) is 5.70. The standard InChI is InChI=1S/C26H34N4O2.C3H9N.C2H6.CH2O/c1-7-19(2)16-20(3)21-10-11-27-23(17-21)22-8-9-24(28-18-22)29-12-14-30(15-13-29)25(31)32-26(4,5)6;1-2-3-4;2*1-2/h7-11,16-18H,12-15H2,1-6H3;2-4H2,1H3;1-2H3;1H2/b19-7-,20-16+;;;. The maximum absolute atomic E-state index is 12.3. The monoisotopic (exact) mass is 553 g/mol. The molecule has 8 heteroatoms. The molecule has 1 amide bonds. The van der Waals surface area contributed by atoms with Gasteiger partial charge < -0.3 is 25.1 Å². The summed E-state index contributed by atoms with van der Waals surface area (Å²) in [4.78, 5) is 33.4. The molecule has 2 N–H and O–H groups in total. The van der Waals surface area contributed by atoms with Crippen molar-refractivity contribution in [2.75, 3.05) is 37.6 Å². The summed E-state index contributed by atoms with van der Waals surface area (Å²) >= 11 is 0. The minimum atomic E-state index is -0.475. The smallest absolute Gasteiger partial charge is 0.410 e. The Hall–Kier alpha value is -3.52. The summed E-state index contributed by atoms with van der Waals surface area (Å²) in [5.41, 5.74) is 10.0. The van der Waals surface area contributed by atoms with E-state index < -0.39 is 5.60 Å². The molecule has 1 aliphatic rings. The Balaban J connectivity index is 0.00000171. The summed E-state index contributed by atoms with van der Waals surface area (Å²) in [7, 11) is 0. The maximum Gasteiger partial charge on any atom is 0.410 e. The molecule has 0 saturated carbocycles. The number of hydrogen-bond acceptors (Lipinski definition) is 7. The number of nitrogens with two attached hydrogens (primary N) is 1. The van der Waals surface area contributed by atoms with Crippen LogP contribution in [0.4, 0.5) is 10.6 Å². The largest absolute Gasteiger partial charge is 0.444 e. The predicted molar refractivity (Wildman–Crippen MR) is 168 cm³/mol. The van der Waals surface area contributed by atoms with Crippen LogP contribution >= 0.6 is 0 Å². The lowest BCUT2D eigenvalue weighted by Gasteiger charge is -2.36. The Morgan fingerprint density at radius 2 is 1.68 bits per heavy atom. The average Bonchev–Trinajstić information content (AvgIpc) is 2.98. The number of hydrogen-bond donors (Lipinski definition) is 1. The molecule has 3 rings (SSSR count). The Kier molecular flexibility index (Phi) is 17.8. The molecule has 0 atom stereocenters. The van der Waals surface area contributed by atoms with Crippen molar-refractivity contribution < 1.29 is 14.3 Å². The topological polar surface area (TPSA) is 102 Å². The zero-order valence-corrected chi connectivity index (χ0v) is 26.2. The molecule has 0 aliphatic carbocycles. The van der Waals surface area contributed by atoms with E-state index in [-0.39, 0.29) is 6.09 Å². The van der Waals surface area contributed by atoms with Crippen LogP contribution in [0.2, 0.25) is 0 Å². The van der Waals surface area contributed by atoms with E-state index in [9.17, 15) is 4.79 Å². The van der Waals surface area contributed by atoms with Gasteiger partial charge in [0.2, 0.25) is 0 Å². The molecule has 0 unspecified atom stereocenters. The first kappa shape index (κ1) is 36.5. The molecule has 3 heterocycles. The van der Waals surface area contributed by atoms with Gasteiger partial charge in [-0.15, -0.1) is 0 Å². The molecule has 0 radical (unpaired) electrons. The molecule has 222 valence electrons. The number of anilines is 1. The minimum absolute atomic E-state index is 0.250. The Bertz CT molecular complexity index is 1050. The van der Waals surface area contributed by atoms with Gasteiger partial charge in [0.1, 0.15) is 18.2 Å². The van der Waals surface area contributed by atoms with E-state index in [1.807, 2.05) is 72.9 Å². The maximum atomic E-state index is 12.3. The summed E-state index contributed by atoms with van der Waals surface area (Å²) in [6, 6.07) is 8.22. The molecule has 1 fully saturated rings. The highest BCUT2D eigenvalue weighted by atomic mass is 16.6. The van der Waals surface area contributed by atoms with Crippen molar-refractivity contribution in [3.8, 4) is 11.3 Å². The second-order valence-corrected chi connectivity index (χ2v) is 9.94. The highest BCUT2D eigenvalue weighted by Gasteiger charge is 2.26. The van der Waals surface area contributed by atoms with Crippen LogP contribution in [0.1, 0.15) is 74.3 Å². The number of aromatic nitrogens is 2. The number of allylic oxidation sites excluding steroid dienone is 4. The van der Waals surface area contributed by atoms with Crippen LogP contribution in [0, 0.1) is 0 Å². The van der Waals surface area contributed by atoms with Crippen molar-refractivity contribution in [3.05, 3.63) is 59.9 Å². The van der Waals surface area contributed by atoms with Gasteiger partial charge in [-0.3, -0.25) is 4.98 Å². The lowest BCUT2D eigenvalue weighted by Crippen LogP contribution is -2.50. The second-order valence-electron chi connectivity index (χ2n) is 9.94. The Morgan fingerprint density at radius 3 is 2.15 bits per heavy atom. The molecule has 0 spiro atoms. The highest BCUT2D eigenvalue weighted by molar-refractivity contribution is 5.71. The number of ether oxygens (including phenoxy) is 1. The van der Waals surface area contributed by atoms with Crippen LogP contribution in [0.3, 0.4) is 0 Å². The molecule has 1 saturated heterocycles. The fraction of sp³-hybridized carbons (Fsp3) is 0.500. The Labute approximate surface area is 242 Å². The van der Waals surface area contributed by atoms with Crippen LogP contribution in [-0.2, 0) is 9.53 Å². The van der Waals surface area contributed by atoms with E-state index in [0.29, 0.717) is 13.1 Å². The number of carbonyl (C=O) groups excluding carboxylic acids is 2. The van der Waals surface area contributed by atoms with Crippen molar-refractivity contribution in [1.82, 2.24) is 14.9 Å². The zero-order valence-electron chi connectivity index (χ0n) is 26.2. The van der Waals surface area contributed by atoms with E-state index in [4.69, 9.17) is 15.3 Å². The molecule has 2 aromatic rings. The third-order valence-electron chi connectivity index (χ3n) is 5.70. The predicted octanol–water partition coefficient (Wildman–Crippen LogP) is 6.77. The molecule has 0 aromatic carbocycles. The van der Waals surface area contributed by atoms with E-state index in [0.717, 1.165) is 48.7 Å². The first-order valence-corrected chi connectivity index (χ1v) is 14.0. The van der Waals surface area contributed by atoms with E-state index in [1.165, 1.54) is 11.1 Å². The van der Waals surface area contributed by atoms with Crippen LogP contribution < -0.4 is 10.6 Å². The van der Waals surface area contributed by atoms with Gasteiger partial charge in [0.15, 0.2) is 0 Å². The number of nitrogens with zero attached hydrogens (tertiary/aromatic N) is 4. The quantitative estimate of drug-likeness (QED) is 0.408. The number of pyridine rings is 2. The molecule has 40 heavy (non-hydrogen) atoms. The van der Waals surface area contributed by atoms with Gasteiger partial charge in [-0.1, -0.05) is 38.5 Å². The van der Waals surface area contributed by atoms with Gasteiger partial charge in [-0.25, -0.2) is 9.78 Å². The lowest BCUT2D eigenvalue weighted by atomic mass is 10.0. The summed E-state index contributed by atoms with van der Waals surface area (Å²) in [5, 5.41) is 0. The fourth-order valence-electron chi connectivity index (χ4n) is 3.51. The van der Waals surface area contributed by atoms with Crippen molar-refractivity contribution in [3.63, 3.8) is 0 Å². The SMILES string of the molecule is C/C=C(C)\C=C(/C)c1ccnc(-c2ccc(N3CCN(C(=O)OC(C)(C)C)CC3)nc2)c1.C=O.CC.CCCN. The number of piperazine rings is 1. The molecule has 0 bridgehead atoms. The third kappa shape index (κ3) is 13.0. The van der Waals surface area contributed by atoms with Crippen LogP contribution in [0.15, 0.2) is 54.4 Å². The van der Waals surface area contributed by atoms with Crippen molar-refractivity contribution in [2.24, 2.45) is 5.73 Å². The summed E-state index contributed by atoms with van der Waals surface area (Å²) in [5.74, 6) is 0.911. The van der Waals surface area contributed by atoms with Gasteiger partial charge in [0, 0.05) is 44.1 Å². The van der Waals surface area contributed by atoms with Crippen LogP contribution in [0.5, 0.6) is 0 Å². The second kappa shape index (κ2) is 19.5. The highest BCUT2D eigenvalue weighted by Crippen LogP contribution is 2.24. The average molecular weight is 554 g/mol. The van der Waals surface area contributed by atoms with Gasteiger partial charge in [0.05, 0.1) is 5.69 Å². The molecular formula is C32H51N5O3. The Morgan fingerprint density at radius 1 is 1.07 bits per heavy atom. The summed E-state index contributed by atoms with van der Waals surface area (Å²) < 4.78 is 5.48. The van der Waals surface area contributed by atoms with Crippen LogP contribution in [0.25, 0.3) is 16.8 Å². The zero-order chi connectivity index (χ0) is 30.7. The van der Waals surface area contributed by atoms with Gasteiger partial charge in [-0.2, -0.15) is 0 Å².